The van der Waals surface area contributed by atoms with Crippen LogP contribution < -0.4 is 0 Å². The van der Waals surface area contributed by atoms with Gasteiger partial charge < -0.3 is 5.11 Å². The number of carbonyl (C=O) groups excluding carboxylic acids is 1. The molecule has 0 amide bonds. The zero-order chi connectivity index (χ0) is 14.0. The van der Waals surface area contributed by atoms with Gasteiger partial charge in [-0.15, -0.1) is 0 Å². The van der Waals surface area contributed by atoms with E-state index in [1.54, 1.807) is 12.1 Å². The van der Waals surface area contributed by atoms with Crippen LogP contribution in [0.3, 0.4) is 0 Å². The van der Waals surface area contributed by atoms with Crippen LogP contribution in [0.4, 0.5) is 0 Å². The second-order valence-electron chi connectivity index (χ2n) is 5.70. The van der Waals surface area contributed by atoms with Crippen molar-refractivity contribution in [2.75, 3.05) is 0 Å². The minimum atomic E-state index is -0.0274. The highest BCUT2D eigenvalue weighted by atomic mass is 16.3. The van der Waals surface area contributed by atoms with Gasteiger partial charge in [-0.2, -0.15) is 0 Å². The minimum absolute atomic E-state index is 0.0274. The number of aromatic hydroxyl groups is 1. The van der Waals surface area contributed by atoms with Crippen LogP contribution in [-0.4, -0.2) is 10.9 Å². The molecule has 0 spiro atoms. The molecule has 0 heterocycles. The molecule has 19 heavy (non-hydrogen) atoms. The number of phenolic OH excluding ortho intramolecular Hbond substituents is 1. The quantitative estimate of drug-likeness (QED) is 0.825. The number of rotatable bonds is 2. The predicted octanol–water partition coefficient (Wildman–Crippen LogP) is 3.92. The van der Waals surface area contributed by atoms with E-state index < -0.39 is 0 Å². The predicted molar refractivity (Wildman–Crippen MR) is 76.7 cm³/mol. The fourth-order valence-electron chi connectivity index (χ4n) is 1.90. The average molecular weight is 254 g/mol. The highest BCUT2D eigenvalue weighted by Crippen LogP contribution is 2.23. The Hall–Kier alpha value is -2.09. The van der Waals surface area contributed by atoms with Crippen LogP contribution in [0.1, 0.15) is 42.3 Å². The number of benzene rings is 2. The number of hydrogen-bond acceptors (Lipinski definition) is 2. The molecule has 2 nitrogen and oxygen atoms in total. The van der Waals surface area contributed by atoms with Crippen molar-refractivity contribution in [1.29, 1.82) is 0 Å². The Morgan fingerprint density at radius 2 is 1.26 bits per heavy atom. The van der Waals surface area contributed by atoms with Gasteiger partial charge in [-0.1, -0.05) is 45.0 Å². The second kappa shape index (κ2) is 4.88. The Balaban J connectivity index is 2.27. The molecule has 0 radical (unpaired) electrons. The number of carbonyl (C=O) groups is 1. The molecule has 0 aliphatic carbocycles. The number of ketones is 1. The fraction of sp³-hybridized carbons (Fsp3) is 0.235. The van der Waals surface area contributed by atoms with E-state index in [9.17, 15) is 9.90 Å². The van der Waals surface area contributed by atoms with Crippen molar-refractivity contribution in [3.05, 3.63) is 65.2 Å². The average Bonchev–Trinajstić information content (AvgIpc) is 2.38. The maximum absolute atomic E-state index is 12.2. The second-order valence-corrected chi connectivity index (χ2v) is 5.70. The van der Waals surface area contributed by atoms with Gasteiger partial charge in [0.2, 0.25) is 0 Å². The normalized spacial score (nSPS) is 11.3. The summed E-state index contributed by atoms with van der Waals surface area (Å²) in [7, 11) is 0. The summed E-state index contributed by atoms with van der Waals surface area (Å²) in [6, 6.07) is 14.0. The molecule has 0 saturated carbocycles. The minimum Gasteiger partial charge on any atom is -0.508 e. The molecular weight excluding hydrogens is 236 g/mol. The first-order valence-corrected chi connectivity index (χ1v) is 6.32. The van der Waals surface area contributed by atoms with Gasteiger partial charge in [0.1, 0.15) is 5.75 Å². The number of phenols is 1. The van der Waals surface area contributed by atoms with E-state index in [0.717, 1.165) is 0 Å². The molecule has 0 aromatic heterocycles. The van der Waals surface area contributed by atoms with E-state index in [2.05, 4.69) is 20.8 Å². The van der Waals surface area contributed by atoms with E-state index in [4.69, 9.17) is 0 Å². The molecule has 2 rings (SSSR count). The van der Waals surface area contributed by atoms with Crippen molar-refractivity contribution in [2.45, 2.75) is 26.2 Å². The Morgan fingerprint density at radius 1 is 0.842 bits per heavy atom. The summed E-state index contributed by atoms with van der Waals surface area (Å²) in [6.07, 6.45) is 0. The molecule has 0 bridgehead atoms. The zero-order valence-corrected chi connectivity index (χ0v) is 11.5. The first kappa shape index (κ1) is 13.3. The van der Waals surface area contributed by atoms with Gasteiger partial charge in [0.05, 0.1) is 0 Å². The molecule has 1 N–H and O–H groups in total. The molecule has 0 atom stereocenters. The molecule has 0 aliphatic rings. The van der Waals surface area contributed by atoms with Crippen LogP contribution in [0.5, 0.6) is 5.75 Å². The van der Waals surface area contributed by atoms with E-state index in [1.165, 1.54) is 17.7 Å². The van der Waals surface area contributed by atoms with Crippen molar-refractivity contribution in [2.24, 2.45) is 0 Å². The Kier molecular flexibility index (Phi) is 3.43. The SMILES string of the molecule is CC(C)(C)c1ccc(C(=O)c2ccc(O)cc2)cc1. The lowest BCUT2D eigenvalue weighted by Crippen LogP contribution is -2.11. The first-order chi connectivity index (χ1) is 8.88. The Bertz CT molecular complexity index is 572. The van der Waals surface area contributed by atoms with Crippen LogP contribution in [-0.2, 0) is 5.41 Å². The summed E-state index contributed by atoms with van der Waals surface area (Å²) >= 11 is 0. The van der Waals surface area contributed by atoms with Gasteiger partial charge >= 0.3 is 0 Å². The smallest absolute Gasteiger partial charge is 0.193 e. The van der Waals surface area contributed by atoms with Crippen LogP contribution in [0.15, 0.2) is 48.5 Å². The molecule has 98 valence electrons. The van der Waals surface area contributed by atoms with E-state index >= 15 is 0 Å². The van der Waals surface area contributed by atoms with Crippen LogP contribution in [0.25, 0.3) is 0 Å². The third kappa shape index (κ3) is 3.02. The molecule has 2 aromatic rings. The lowest BCUT2D eigenvalue weighted by atomic mass is 9.86. The third-order valence-electron chi connectivity index (χ3n) is 3.14. The summed E-state index contributed by atoms with van der Waals surface area (Å²) in [4.78, 5) is 12.2. The van der Waals surface area contributed by atoms with E-state index in [-0.39, 0.29) is 16.9 Å². The maximum Gasteiger partial charge on any atom is 0.193 e. The lowest BCUT2D eigenvalue weighted by Gasteiger charge is -2.19. The van der Waals surface area contributed by atoms with Crippen LogP contribution in [0.2, 0.25) is 0 Å². The Morgan fingerprint density at radius 3 is 1.68 bits per heavy atom. The van der Waals surface area contributed by atoms with Gasteiger partial charge in [0.15, 0.2) is 5.78 Å². The molecule has 0 aliphatic heterocycles. The highest BCUT2D eigenvalue weighted by molar-refractivity contribution is 6.09. The number of hydrogen-bond donors (Lipinski definition) is 1. The summed E-state index contributed by atoms with van der Waals surface area (Å²) in [5, 5.41) is 9.22. The highest BCUT2D eigenvalue weighted by Gasteiger charge is 2.14. The maximum atomic E-state index is 12.2. The lowest BCUT2D eigenvalue weighted by molar-refractivity contribution is 0.103. The molecule has 2 aromatic carbocycles. The summed E-state index contributed by atoms with van der Waals surface area (Å²) in [6.45, 7) is 6.43. The van der Waals surface area contributed by atoms with Gasteiger partial charge in [-0.05, 0) is 35.2 Å². The van der Waals surface area contributed by atoms with Crippen molar-refractivity contribution >= 4 is 5.78 Å². The monoisotopic (exact) mass is 254 g/mol. The third-order valence-corrected chi connectivity index (χ3v) is 3.14. The standard InChI is InChI=1S/C17H18O2/c1-17(2,3)14-8-4-12(5-9-14)16(19)13-6-10-15(18)11-7-13/h4-11,18H,1-3H3. The molecule has 0 fully saturated rings. The van der Waals surface area contributed by atoms with Crippen molar-refractivity contribution < 1.29 is 9.90 Å². The largest absolute Gasteiger partial charge is 0.508 e. The molecule has 0 saturated heterocycles. The van der Waals surface area contributed by atoms with Crippen LogP contribution in [0, 0.1) is 0 Å². The van der Waals surface area contributed by atoms with E-state index in [0.29, 0.717) is 11.1 Å². The summed E-state index contributed by atoms with van der Waals surface area (Å²) in [5.41, 5.74) is 2.54. The fourth-order valence-corrected chi connectivity index (χ4v) is 1.90. The van der Waals surface area contributed by atoms with Crippen molar-refractivity contribution in [1.82, 2.24) is 0 Å². The van der Waals surface area contributed by atoms with Crippen molar-refractivity contribution in [3.63, 3.8) is 0 Å². The molecular formula is C17H18O2. The summed E-state index contributed by atoms with van der Waals surface area (Å²) in [5.74, 6) is 0.139. The van der Waals surface area contributed by atoms with Gasteiger partial charge in [-0.25, -0.2) is 0 Å². The van der Waals surface area contributed by atoms with Crippen molar-refractivity contribution in [3.8, 4) is 5.75 Å². The van der Waals surface area contributed by atoms with E-state index in [1.807, 2.05) is 24.3 Å². The van der Waals surface area contributed by atoms with Crippen LogP contribution >= 0.6 is 0 Å². The molecule has 0 unspecified atom stereocenters. The zero-order valence-electron chi connectivity index (χ0n) is 11.5. The summed E-state index contributed by atoms with van der Waals surface area (Å²) < 4.78 is 0. The van der Waals surface area contributed by atoms with Gasteiger partial charge in [-0.3, -0.25) is 4.79 Å². The topological polar surface area (TPSA) is 37.3 Å². The Labute approximate surface area is 113 Å². The molecule has 2 heteroatoms. The van der Waals surface area contributed by atoms with Gasteiger partial charge in [0, 0.05) is 11.1 Å². The van der Waals surface area contributed by atoms with Gasteiger partial charge in [0.25, 0.3) is 0 Å². The first-order valence-electron chi connectivity index (χ1n) is 6.32.